The zero-order chi connectivity index (χ0) is 16.0. The predicted molar refractivity (Wildman–Crippen MR) is 87.2 cm³/mol. The van der Waals surface area contributed by atoms with Gasteiger partial charge in [0.2, 0.25) is 0 Å². The van der Waals surface area contributed by atoms with Gasteiger partial charge in [-0.05, 0) is 26.3 Å². The zero-order valence-corrected chi connectivity index (χ0v) is 14.6. The molecule has 2 rings (SSSR count). The third-order valence-electron chi connectivity index (χ3n) is 3.68. The highest BCUT2D eigenvalue weighted by molar-refractivity contribution is 7.54. The molecule has 0 radical (unpaired) electrons. The molecule has 0 amide bonds. The van der Waals surface area contributed by atoms with Gasteiger partial charge >= 0.3 is 7.60 Å². The van der Waals surface area contributed by atoms with Crippen LogP contribution in [0.5, 0.6) is 0 Å². The van der Waals surface area contributed by atoms with E-state index in [0.29, 0.717) is 26.4 Å². The van der Waals surface area contributed by atoms with Crippen molar-refractivity contribution in [1.29, 1.82) is 0 Å². The van der Waals surface area contributed by atoms with Gasteiger partial charge in [0.1, 0.15) is 5.78 Å². The number of nitrogens with zero attached hydrogens (tertiary/aromatic N) is 1. The first-order valence-electron chi connectivity index (χ1n) is 7.88. The summed E-state index contributed by atoms with van der Waals surface area (Å²) in [5.41, 5.74) is 2.14. The molecule has 1 atom stereocenters. The molecule has 1 aromatic rings. The van der Waals surface area contributed by atoms with E-state index < -0.39 is 7.60 Å². The number of benzene rings is 1. The molecule has 5 nitrogen and oxygen atoms in total. The first-order valence-corrected chi connectivity index (χ1v) is 9.49. The van der Waals surface area contributed by atoms with E-state index in [2.05, 4.69) is 4.90 Å². The van der Waals surface area contributed by atoms with E-state index in [4.69, 9.17) is 13.8 Å². The second kappa shape index (κ2) is 8.23. The van der Waals surface area contributed by atoms with Gasteiger partial charge in [0.15, 0.2) is 0 Å². The van der Waals surface area contributed by atoms with Crippen molar-refractivity contribution in [2.24, 2.45) is 0 Å². The lowest BCUT2D eigenvalue weighted by atomic mass is 10.1. The van der Waals surface area contributed by atoms with Gasteiger partial charge in [0.25, 0.3) is 0 Å². The Morgan fingerprint density at radius 1 is 1.14 bits per heavy atom. The second-order valence-corrected chi connectivity index (χ2v) is 7.39. The maximum Gasteiger partial charge on any atom is 0.352 e. The molecule has 0 aliphatic carbocycles. The van der Waals surface area contributed by atoms with E-state index in [1.54, 1.807) is 0 Å². The van der Waals surface area contributed by atoms with Gasteiger partial charge in [-0.3, -0.25) is 9.46 Å². The Labute approximate surface area is 133 Å². The van der Waals surface area contributed by atoms with Crippen molar-refractivity contribution < 1.29 is 18.3 Å². The van der Waals surface area contributed by atoms with Crippen LogP contribution in [0, 0.1) is 6.92 Å². The lowest BCUT2D eigenvalue weighted by Gasteiger charge is -2.37. The Kier molecular flexibility index (Phi) is 6.60. The summed E-state index contributed by atoms with van der Waals surface area (Å²) in [7, 11) is -3.26. The monoisotopic (exact) mass is 327 g/mol. The van der Waals surface area contributed by atoms with Crippen LogP contribution in [0.3, 0.4) is 0 Å². The second-order valence-electron chi connectivity index (χ2n) is 5.31. The molecular weight excluding hydrogens is 301 g/mol. The minimum Gasteiger partial charge on any atom is -0.379 e. The van der Waals surface area contributed by atoms with E-state index >= 15 is 0 Å². The van der Waals surface area contributed by atoms with Crippen LogP contribution >= 0.6 is 7.60 Å². The molecule has 1 unspecified atom stereocenters. The molecule has 0 spiro atoms. The average molecular weight is 327 g/mol. The Hall–Kier alpha value is -0.710. The Morgan fingerprint density at radius 3 is 2.18 bits per heavy atom. The number of hydrogen-bond acceptors (Lipinski definition) is 5. The average Bonchev–Trinajstić information content (AvgIpc) is 2.51. The lowest BCUT2D eigenvalue weighted by molar-refractivity contribution is 0.0237. The minimum absolute atomic E-state index is 0.365. The third kappa shape index (κ3) is 4.18. The van der Waals surface area contributed by atoms with Crippen molar-refractivity contribution >= 4 is 7.60 Å². The largest absolute Gasteiger partial charge is 0.379 e. The maximum absolute atomic E-state index is 13.4. The maximum atomic E-state index is 13.4. The highest BCUT2D eigenvalue weighted by atomic mass is 31.2. The number of aryl methyl sites for hydroxylation is 1. The van der Waals surface area contributed by atoms with Crippen LogP contribution in [-0.4, -0.2) is 44.4 Å². The summed E-state index contributed by atoms with van der Waals surface area (Å²) in [5.74, 6) is -0.378. The number of ether oxygens (including phenoxy) is 1. The lowest BCUT2D eigenvalue weighted by Crippen LogP contribution is -2.39. The summed E-state index contributed by atoms with van der Waals surface area (Å²) in [6, 6.07) is 8.09. The summed E-state index contributed by atoms with van der Waals surface area (Å²) in [5, 5.41) is 0. The van der Waals surface area contributed by atoms with E-state index in [9.17, 15) is 4.57 Å². The quantitative estimate of drug-likeness (QED) is 0.716. The third-order valence-corrected chi connectivity index (χ3v) is 6.14. The summed E-state index contributed by atoms with van der Waals surface area (Å²) >= 11 is 0. The van der Waals surface area contributed by atoms with Crippen molar-refractivity contribution in [3.05, 3.63) is 35.4 Å². The fraction of sp³-hybridized carbons (Fsp3) is 0.625. The van der Waals surface area contributed by atoms with Gasteiger partial charge < -0.3 is 13.8 Å². The molecule has 0 aromatic heterocycles. The van der Waals surface area contributed by atoms with Crippen molar-refractivity contribution in [3.8, 4) is 0 Å². The zero-order valence-electron chi connectivity index (χ0n) is 13.7. The number of rotatable bonds is 7. The highest BCUT2D eigenvalue weighted by Crippen LogP contribution is 2.62. The van der Waals surface area contributed by atoms with Gasteiger partial charge in [0, 0.05) is 13.1 Å². The predicted octanol–water partition coefficient (Wildman–Crippen LogP) is 3.59. The van der Waals surface area contributed by atoms with Gasteiger partial charge in [-0.25, -0.2) is 0 Å². The fourth-order valence-corrected chi connectivity index (χ4v) is 4.94. The molecule has 0 bridgehead atoms. The summed E-state index contributed by atoms with van der Waals surface area (Å²) < 4.78 is 30.0. The van der Waals surface area contributed by atoms with E-state index in [0.717, 1.165) is 18.7 Å². The van der Waals surface area contributed by atoms with Crippen LogP contribution in [0.15, 0.2) is 24.3 Å². The molecule has 1 aliphatic heterocycles. The molecule has 1 saturated heterocycles. The van der Waals surface area contributed by atoms with Gasteiger partial charge in [0.05, 0.1) is 26.4 Å². The fourth-order valence-electron chi connectivity index (χ4n) is 2.69. The van der Waals surface area contributed by atoms with Gasteiger partial charge in [-0.1, -0.05) is 29.8 Å². The van der Waals surface area contributed by atoms with Crippen molar-refractivity contribution in [2.45, 2.75) is 26.6 Å². The van der Waals surface area contributed by atoms with Crippen LogP contribution < -0.4 is 0 Å². The summed E-state index contributed by atoms with van der Waals surface area (Å²) in [6.07, 6.45) is 0. The van der Waals surface area contributed by atoms with Crippen LogP contribution in [0.1, 0.15) is 30.8 Å². The first-order chi connectivity index (χ1) is 10.6. The minimum atomic E-state index is -3.26. The Bertz CT molecular complexity index is 489. The van der Waals surface area contributed by atoms with Crippen molar-refractivity contribution in [3.63, 3.8) is 0 Å². The number of hydrogen-bond donors (Lipinski definition) is 0. The van der Waals surface area contributed by atoms with Crippen LogP contribution in [0.2, 0.25) is 0 Å². The molecule has 6 heteroatoms. The summed E-state index contributed by atoms with van der Waals surface area (Å²) in [6.45, 7) is 9.19. The van der Waals surface area contributed by atoms with Gasteiger partial charge in [-0.15, -0.1) is 0 Å². The summed E-state index contributed by atoms with van der Waals surface area (Å²) in [4.78, 5) is 2.15. The first kappa shape index (κ1) is 17.6. The van der Waals surface area contributed by atoms with Gasteiger partial charge in [-0.2, -0.15) is 0 Å². The molecule has 22 heavy (non-hydrogen) atoms. The van der Waals surface area contributed by atoms with Crippen molar-refractivity contribution in [2.75, 3.05) is 39.5 Å². The molecular formula is C16H26NO4P. The SMILES string of the molecule is CCOP(=O)(OCC)C(c1ccc(C)cc1)N1CCOCC1. The van der Waals surface area contributed by atoms with E-state index in [-0.39, 0.29) is 5.78 Å². The highest BCUT2D eigenvalue weighted by Gasteiger charge is 2.41. The van der Waals surface area contributed by atoms with E-state index in [1.807, 2.05) is 45.0 Å². The molecule has 0 N–H and O–H groups in total. The Morgan fingerprint density at radius 2 is 1.68 bits per heavy atom. The molecule has 0 saturated carbocycles. The Balaban J connectivity index is 2.38. The smallest absolute Gasteiger partial charge is 0.352 e. The molecule has 124 valence electrons. The normalized spacial score (nSPS) is 18.3. The topological polar surface area (TPSA) is 48.0 Å². The number of morpholine rings is 1. The van der Waals surface area contributed by atoms with Crippen LogP contribution in [0.4, 0.5) is 0 Å². The molecule has 1 fully saturated rings. The van der Waals surface area contributed by atoms with Crippen molar-refractivity contribution in [1.82, 2.24) is 4.90 Å². The standard InChI is InChI=1S/C16H26NO4P/c1-4-20-22(18,21-5-2)16(17-10-12-19-13-11-17)15-8-6-14(3)7-9-15/h6-9,16H,4-5,10-13H2,1-3H3. The van der Waals surface area contributed by atoms with Crippen LogP contribution in [-0.2, 0) is 18.3 Å². The van der Waals surface area contributed by atoms with Crippen LogP contribution in [0.25, 0.3) is 0 Å². The molecule has 1 aliphatic rings. The molecule has 1 heterocycles. The van der Waals surface area contributed by atoms with E-state index in [1.165, 1.54) is 5.56 Å². The molecule has 1 aromatic carbocycles.